The van der Waals surface area contributed by atoms with Crippen molar-refractivity contribution < 1.29 is 22.7 Å². The summed E-state index contributed by atoms with van der Waals surface area (Å²) in [6.07, 6.45) is 1.63. The van der Waals surface area contributed by atoms with Crippen LogP contribution in [-0.2, 0) is 19.6 Å². The average Bonchev–Trinajstić information content (AvgIpc) is 3.02. The Morgan fingerprint density at radius 1 is 0.907 bits per heavy atom. The van der Waals surface area contributed by atoms with Crippen LogP contribution in [0.1, 0.15) is 24.2 Å². The van der Waals surface area contributed by atoms with Crippen LogP contribution in [0.25, 0.3) is 11.3 Å². The number of carbonyl (C=O) groups excluding carboxylic acids is 2. The number of carbonyl (C=O) groups is 2. The van der Waals surface area contributed by atoms with Crippen LogP contribution in [0.2, 0.25) is 0 Å². The Labute approximate surface area is 252 Å². The molecule has 2 aliphatic heterocycles. The zero-order chi connectivity index (χ0) is 30.4. The summed E-state index contributed by atoms with van der Waals surface area (Å²) in [6, 6.07) is 15.7. The number of amides is 2. The van der Waals surface area contributed by atoms with Gasteiger partial charge in [-0.05, 0) is 56.3 Å². The number of nitrogens with zero attached hydrogens (tertiary/aromatic N) is 5. The first-order valence-corrected chi connectivity index (χ1v) is 15.8. The van der Waals surface area contributed by atoms with Gasteiger partial charge in [0.25, 0.3) is 5.91 Å². The van der Waals surface area contributed by atoms with Crippen molar-refractivity contribution in [1.82, 2.24) is 29.4 Å². The van der Waals surface area contributed by atoms with E-state index in [1.165, 1.54) is 4.31 Å². The molecule has 2 fully saturated rings. The number of aromatic nitrogens is 2. The predicted molar refractivity (Wildman–Crippen MR) is 162 cm³/mol. The van der Waals surface area contributed by atoms with E-state index in [-0.39, 0.29) is 22.8 Å². The Balaban J connectivity index is 1.17. The molecule has 0 aliphatic carbocycles. The van der Waals surface area contributed by atoms with E-state index in [4.69, 9.17) is 4.74 Å². The fourth-order valence-electron chi connectivity index (χ4n) is 5.00. The smallest absolute Gasteiger partial charge is 0.253 e. The van der Waals surface area contributed by atoms with Crippen LogP contribution in [-0.4, -0.2) is 109 Å². The third-order valence-electron chi connectivity index (χ3n) is 7.28. The van der Waals surface area contributed by atoms with E-state index in [1.807, 2.05) is 18.7 Å². The highest BCUT2D eigenvalue weighted by molar-refractivity contribution is 7.89. The van der Waals surface area contributed by atoms with Crippen LogP contribution in [0.5, 0.6) is 0 Å². The quantitative estimate of drug-likeness (QED) is 0.375. The molecule has 228 valence electrons. The largest absolute Gasteiger partial charge is 0.379 e. The molecule has 43 heavy (non-hydrogen) atoms. The molecule has 5 rings (SSSR count). The van der Waals surface area contributed by atoms with E-state index in [0.717, 1.165) is 11.3 Å². The molecule has 2 N–H and O–H groups in total. The molecule has 0 bridgehead atoms. The van der Waals surface area contributed by atoms with Gasteiger partial charge in [0.2, 0.25) is 21.9 Å². The van der Waals surface area contributed by atoms with Gasteiger partial charge in [-0.15, -0.1) is 0 Å². The Kier molecular flexibility index (Phi) is 9.65. The zero-order valence-electron chi connectivity index (χ0n) is 24.4. The second-order valence-electron chi connectivity index (χ2n) is 10.8. The van der Waals surface area contributed by atoms with Gasteiger partial charge in [-0.25, -0.2) is 18.4 Å². The molecular weight excluding hydrogens is 570 g/mol. The van der Waals surface area contributed by atoms with Crippen molar-refractivity contribution in [3.8, 4) is 11.3 Å². The van der Waals surface area contributed by atoms with Crippen molar-refractivity contribution in [1.29, 1.82) is 0 Å². The molecule has 2 amide bonds. The maximum Gasteiger partial charge on any atom is 0.253 e. The lowest BCUT2D eigenvalue weighted by atomic mass is 10.1. The lowest BCUT2D eigenvalue weighted by Crippen LogP contribution is -2.51. The predicted octanol–water partition coefficient (Wildman–Crippen LogP) is 2.19. The minimum Gasteiger partial charge on any atom is -0.379 e. The Morgan fingerprint density at radius 3 is 2.23 bits per heavy atom. The number of piperazine rings is 1. The fourth-order valence-corrected chi connectivity index (χ4v) is 6.41. The Bertz CT molecular complexity index is 1520. The van der Waals surface area contributed by atoms with Gasteiger partial charge in [-0.3, -0.25) is 14.5 Å². The lowest BCUT2D eigenvalue weighted by molar-refractivity contribution is -0.123. The lowest BCUT2D eigenvalue weighted by Gasteiger charge is -2.34. The van der Waals surface area contributed by atoms with Gasteiger partial charge in [0, 0.05) is 68.3 Å². The zero-order valence-corrected chi connectivity index (χ0v) is 25.2. The van der Waals surface area contributed by atoms with E-state index < -0.39 is 10.0 Å². The maximum atomic E-state index is 13.1. The van der Waals surface area contributed by atoms with Crippen LogP contribution in [0, 0.1) is 0 Å². The van der Waals surface area contributed by atoms with Crippen molar-refractivity contribution >= 4 is 33.5 Å². The van der Waals surface area contributed by atoms with Crippen molar-refractivity contribution in [2.75, 3.05) is 64.3 Å². The summed E-state index contributed by atoms with van der Waals surface area (Å²) in [6.45, 7) is 8.11. The molecule has 0 spiro atoms. The monoisotopic (exact) mass is 607 g/mol. The first-order valence-electron chi connectivity index (χ1n) is 14.4. The number of hydrogen-bond acceptors (Lipinski definition) is 9. The van der Waals surface area contributed by atoms with Crippen LogP contribution in [0.4, 0.5) is 11.6 Å². The van der Waals surface area contributed by atoms with Gasteiger partial charge >= 0.3 is 0 Å². The minimum atomic E-state index is -3.57. The molecule has 3 aromatic rings. The van der Waals surface area contributed by atoms with Gasteiger partial charge in [0.1, 0.15) is 0 Å². The molecule has 0 unspecified atom stereocenters. The Morgan fingerprint density at radius 2 is 1.58 bits per heavy atom. The molecule has 0 saturated carbocycles. The normalized spacial score (nSPS) is 16.7. The number of anilines is 2. The van der Waals surface area contributed by atoms with E-state index in [9.17, 15) is 18.0 Å². The minimum absolute atomic E-state index is 0.000204. The highest BCUT2D eigenvalue weighted by Gasteiger charge is 2.26. The second kappa shape index (κ2) is 13.6. The van der Waals surface area contributed by atoms with Crippen molar-refractivity contribution in [2.24, 2.45) is 0 Å². The van der Waals surface area contributed by atoms with E-state index in [0.29, 0.717) is 76.2 Å². The molecule has 3 heterocycles. The number of ether oxygens (including phenoxy) is 1. The first-order chi connectivity index (χ1) is 20.7. The van der Waals surface area contributed by atoms with Crippen molar-refractivity contribution in [3.63, 3.8) is 0 Å². The third kappa shape index (κ3) is 7.73. The molecule has 0 radical (unpaired) electrons. The van der Waals surface area contributed by atoms with Crippen LogP contribution >= 0.6 is 0 Å². The summed E-state index contributed by atoms with van der Waals surface area (Å²) in [7, 11) is -3.57. The summed E-state index contributed by atoms with van der Waals surface area (Å²) in [5, 5.41) is 6.07. The van der Waals surface area contributed by atoms with Gasteiger partial charge in [0.15, 0.2) is 0 Å². The van der Waals surface area contributed by atoms with E-state index >= 15 is 0 Å². The number of nitrogens with one attached hydrogen (secondary N) is 2. The maximum absolute atomic E-state index is 13.1. The summed E-state index contributed by atoms with van der Waals surface area (Å²) < 4.78 is 32.5. The Hall–Kier alpha value is -3.91. The SMILES string of the molecule is CC(C)NC(=O)CN1CCN(C(=O)c2ccc(Nc3nccc(-c4ccc(S(=O)(=O)N5CCOCC5)cc4)n3)cc2)CC1. The van der Waals surface area contributed by atoms with E-state index in [2.05, 4.69) is 25.5 Å². The van der Waals surface area contributed by atoms with E-state index in [1.54, 1.807) is 60.8 Å². The average molecular weight is 608 g/mol. The number of rotatable bonds is 9. The van der Waals surface area contributed by atoms with Gasteiger partial charge in [0.05, 0.1) is 30.3 Å². The summed E-state index contributed by atoms with van der Waals surface area (Å²) in [4.78, 5) is 38.1. The third-order valence-corrected chi connectivity index (χ3v) is 9.19. The molecule has 1 aromatic heterocycles. The molecular formula is C30H37N7O5S. The summed E-state index contributed by atoms with van der Waals surface area (Å²) in [5.74, 6) is 0.328. The van der Waals surface area contributed by atoms with Gasteiger partial charge < -0.3 is 20.3 Å². The number of morpholine rings is 1. The molecule has 12 nitrogen and oxygen atoms in total. The van der Waals surface area contributed by atoms with Gasteiger partial charge in [-0.1, -0.05) is 12.1 Å². The summed E-state index contributed by atoms with van der Waals surface area (Å²) >= 11 is 0. The number of sulfonamides is 1. The molecule has 2 aliphatic rings. The number of benzene rings is 2. The first kappa shape index (κ1) is 30.5. The topological polar surface area (TPSA) is 137 Å². The molecule has 0 atom stereocenters. The highest BCUT2D eigenvalue weighted by Crippen LogP contribution is 2.24. The fraction of sp³-hybridized carbons (Fsp3) is 0.400. The summed E-state index contributed by atoms with van der Waals surface area (Å²) in [5.41, 5.74) is 2.70. The number of hydrogen-bond donors (Lipinski definition) is 2. The van der Waals surface area contributed by atoms with Crippen LogP contribution in [0.15, 0.2) is 65.7 Å². The molecule has 2 saturated heterocycles. The van der Waals surface area contributed by atoms with Crippen molar-refractivity contribution in [2.45, 2.75) is 24.8 Å². The van der Waals surface area contributed by atoms with Gasteiger partial charge in [-0.2, -0.15) is 4.31 Å². The van der Waals surface area contributed by atoms with Crippen molar-refractivity contribution in [3.05, 3.63) is 66.4 Å². The van der Waals surface area contributed by atoms with Crippen LogP contribution < -0.4 is 10.6 Å². The highest BCUT2D eigenvalue weighted by atomic mass is 32.2. The second-order valence-corrected chi connectivity index (χ2v) is 12.7. The standard InChI is InChI=1S/C30H37N7O5S/c1-22(2)32-28(38)21-35-13-15-36(16-14-35)29(39)24-3-7-25(8-4-24)33-30-31-12-11-27(34-30)23-5-9-26(10-6-23)43(40,41)37-17-19-42-20-18-37/h3-12,22H,13-21H2,1-2H3,(H,32,38)(H,31,33,34). The van der Waals surface area contributed by atoms with Crippen LogP contribution in [0.3, 0.4) is 0 Å². The molecule has 13 heteroatoms. The molecule has 2 aromatic carbocycles.